The molecule has 3 saturated carbocycles. The second-order valence-electron chi connectivity index (χ2n) is 17.4. The smallest absolute Gasteiger partial charge is 0.310 e. The van der Waals surface area contributed by atoms with Crippen molar-refractivity contribution in [1.29, 1.82) is 0 Å². The zero-order chi connectivity index (χ0) is 30.8. The van der Waals surface area contributed by atoms with Gasteiger partial charge in [-0.3, -0.25) is 9.89 Å². The first-order valence-corrected chi connectivity index (χ1v) is 16.9. The maximum Gasteiger partial charge on any atom is 0.310 e. The van der Waals surface area contributed by atoms with E-state index in [9.17, 15) is 9.90 Å². The fourth-order valence-electron chi connectivity index (χ4n) is 12.5. The average molecular weight is 584 g/mol. The Hall–Kier alpha value is -2.56. The molecule has 0 spiro atoms. The minimum atomic E-state index is -0.669. The minimum Gasteiger partial charge on any atom is -0.481 e. The summed E-state index contributed by atoms with van der Waals surface area (Å²) in [6, 6.07) is 10.8. The standard InChI is InChI=1S/C38H53N3O2/c1-33(2)17-19-38(32(42)43)20-18-36(6)25(29(38)26(33)21-23-11-9-8-10-12-23)13-14-28-35(5)22-24-30(40-41-31(24)39)34(3,4)27(35)15-16-37(28,36)7/h8-13,26-29H,14-22H2,1-7H3,(H,42,43)(H3,39,40,41)/t26?,27?,28?,29?,35-,36+,37+,38-/m0/s1. The Kier molecular flexibility index (Phi) is 6.11. The third-order valence-corrected chi connectivity index (χ3v) is 15.1. The Balaban J connectivity index is 1.37. The van der Waals surface area contributed by atoms with Crippen LogP contribution in [0.15, 0.2) is 42.0 Å². The van der Waals surface area contributed by atoms with Crippen molar-refractivity contribution in [3.8, 4) is 0 Å². The molecule has 7 rings (SSSR count). The van der Waals surface area contributed by atoms with Gasteiger partial charge in [-0.15, -0.1) is 0 Å². The number of nitrogens with one attached hydrogen (secondary N) is 1. The summed E-state index contributed by atoms with van der Waals surface area (Å²) in [6.07, 6.45) is 11.4. The van der Waals surface area contributed by atoms with Crippen LogP contribution in [0.2, 0.25) is 0 Å². The van der Waals surface area contributed by atoms with Crippen LogP contribution in [-0.2, 0) is 23.1 Å². The highest BCUT2D eigenvalue weighted by atomic mass is 16.4. The van der Waals surface area contributed by atoms with E-state index in [0.717, 1.165) is 44.9 Å². The highest BCUT2D eigenvalue weighted by Crippen LogP contribution is 2.76. The highest BCUT2D eigenvalue weighted by Gasteiger charge is 2.70. The highest BCUT2D eigenvalue weighted by molar-refractivity contribution is 5.77. The molecule has 0 radical (unpaired) electrons. The Morgan fingerprint density at radius 2 is 1.67 bits per heavy atom. The van der Waals surface area contributed by atoms with E-state index in [1.807, 2.05) is 0 Å². The van der Waals surface area contributed by atoms with Crippen molar-refractivity contribution in [2.24, 2.45) is 50.7 Å². The first-order valence-electron chi connectivity index (χ1n) is 16.9. The fourth-order valence-corrected chi connectivity index (χ4v) is 12.5. The zero-order valence-electron chi connectivity index (χ0n) is 27.5. The van der Waals surface area contributed by atoms with E-state index in [1.54, 1.807) is 0 Å². The Morgan fingerprint density at radius 1 is 0.977 bits per heavy atom. The van der Waals surface area contributed by atoms with Gasteiger partial charge in [0.05, 0.1) is 5.41 Å². The van der Waals surface area contributed by atoms with Crippen LogP contribution in [0.25, 0.3) is 0 Å². The van der Waals surface area contributed by atoms with Crippen LogP contribution in [-0.4, -0.2) is 21.3 Å². The van der Waals surface area contributed by atoms with Gasteiger partial charge in [0.15, 0.2) is 0 Å². The maximum absolute atomic E-state index is 13.4. The molecule has 0 aliphatic heterocycles. The van der Waals surface area contributed by atoms with Gasteiger partial charge < -0.3 is 10.8 Å². The van der Waals surface area contributed by atoms with E-state index < -0.39 is 11.4 Å². The first-order chi connectivity index (χ1) is 20.1. The summed E-state index contributed by atoms with van der Waals surface area (Å²) in [6.45, 7) is 17.3. The number of benzene rings is 1. The summed E-state index contributed by atoms with van der Waals surface area (Å²) in [5.74, 6) is 1.52. The minimum absolute atomic E-state index is 0.0155. The summed E-state index contributed by atoms with van der Waals surface area (Å²) in [5, 5.41) is 18.9. The average Bonchev–Trinajstić information content (AvgIpc) is 3.31. The molecular weight excluding hydrogens is 530 g/mol. The Morgan fingerprint density at radius 3 is 2.37 bits per heavy atom. The number of carboxylic acid groups (broad SMARTS) is 1. The van der Waals surface area contributed by atoms with Crippen molar-refractivity contribution in [3.63, 3.8) is 0 Å². The molecule has 1 aromatic carbocycles. The maximum atomic E-state index is 13.4. The number of aromatic amines is 1. The summed E-state index contributed by atoms with van der Waals surface area (Å²) < 4.78 is 0. The molecule has 232 valence electrons. The van der Waals surface area contributed by atoms with Crippen LogP contribution in [0.4, 0.5) is 5.82 Å². The molecule has 8 atom stereocenters. The quantitative estimate of drug-likeness (QED) is 0.317. The monoisotopic (exact) mass is 583 g/mol. The van der Waals surface area contributed by atoms with Crippen molar-refractivity contribution < 1.29 is 9.90 Å². The summed E-state index contributed by atoms with van der Waals surface area (Å²) in [5.41, 5.74) is 11.4. The van der Waals surface area contributed by atoms with Gasteiger partial charge in [0.25, 0.3) is 0 Å². The van der Waals surface area contributed by atoms with Crippen LogP contribution >= 0.6 is 0 Å². The zero-order valence-corrected chi connectivity index (χ0v) is 27.5. The van der Waals surface area contributed by atoms with Gasteiger partial charge in [-0.25, -0.2) is 0 Å². The number of nitrogens with two attached hydrogens (primary N) is 1. The van der Waals surface area contributed by atoms with Crippen molar-refractivity contribution in [2.75, 3.05) is 5.73 Å². The molecule has 1 heterocycles. The van der Waals surface area contributed by atoms with Gasteiger partial charge in [-0.2, -0.15) is 5.10 Å². The molecule has 0 saturated heterocycles. The van der Waals surface area contributed by atoms with Gasteiger partial charge in [0.1, 0.15) is 5.82 Å². The van der Waals surface area contributed by atoms with E-state index in [1.165, 1.54) is 35.2 Å². The lowest BCUT2D eigenvalue weighted by atomic mass is 9.33. The Labute approximate surface area is 258 Å². The first kappa shape index (κ1) is 29.2. The van der Waals surface area contributed by atoms with E-state index in [2.05, 4.69) is 95.1 Å². The van der Waals surface area contributed by atoms with Gasteiger partial charge in [-0.05, 0) is 103 Å². The lowest BCUT2D eigenvalue weighted by molar-refractivity contribution is -0.184. The second-order valence-corrected chi connectivity index (χ2v) is 17.4. The number of H-pyrrole nitrogens is 1. The number of carboxylic acids is 1. The molecule has 5 heteroatoms. The number of aliphatic carboxylic acids is 1. The number of hydrogen-bond acceptors (Lipinski definition) is 3. The van der Waals surface area contributed by atoms with E-state index >= 15 is 0 Å². The molecule has 5 aliphatic carbocycles. The van der Waals surface area contributed by atoms with Crippen LogP contribution in [0, 0.1) is 50.7 Å². The van der Waals surface area contributed by atoms with Crippen molar-refractivity contribution in [2.45, 2.75) is 112 Å². The second kappa shape index (κ2) is 9.01. The molecule has 4 unspecified atom stereocenters. The SMILES string of the molecule is CC1(C)CC[C@]2(C(=O)O)CC[C@]3(C)C(=CCC4[C@@]5(C)Cc6c(N)n[nH]c6C(C)(C)C5CC[C@]43C)C2C1Cc1ccccc1. The third-order valence-electron chi connectivity index (χ3n) is 15.1. The van der Waals surface area contributed by atoms with Crippen molar-refractivity contribution in [3.05, 3.63) is 58.8 Å². The molecule has 2 aromatic rings. The molecular formula is C38H53N3O2. The van der Waals surface area contributed by atoms with Gasteiger partial charge in [0.2, 0.25) is 0 Å². The lowest BCUT2D eigenvalue weighted by Crippen LogP contribution is -2.65. The molecule has 3 fully saturated rings. The number of nitrogen functional groups attached to an aromatic ring is 1. The van der Waals surface area contributed by atoms with Crippen LogP contribution in [0.5, 0.6) is 0 Å². The Bertz CT molecular complexity index is 1490. The normalized spacial score (nSPS) is 42.3. The topological polar surface area (TPSA) is 92.0 Å². The van der Waals surface area contributed by atoms with Crippen LogP contribution in [0.1, 0.15) is 110 Å². The molecule has 5 aliphatic rings. The van der Waals surface area contributed by atoms with E-state index in [-0.39, 0.29) is 33.0 Å². The number of fused-ring (bicyclic) bond motifs is 8. The third kappa shape index (κ3) is 3.63. The van der Waals surface area contributed by atoms with Gasteiger partial charge >= 0.3 is 5.97 Å². The number of carbonyl (C=O) groups is 1. The number of hydrogen-bond donors (Lipinski definition) is 3. The number of rotatable bonds is 3. The molecule has 0 amide bonds. The van der Waals surface area contributed by atoms with E-state index in [4.69, 9.17) is 5.73 Å². The number of aromatic nitrogens is 2. The van der Waals surface area contributed by atoms with Gasteiger partial charge in [-0.1, -0.05) is 90.4 Å². The van der Waals surface area contributed by atoms with Crippen molar-refractivity contribution >= 4 is 11.8 Å². The summed E-state index contributed by atoms with van der Waals surface area (Å²) in [4.78, 5) is 13.4. The number of allylic oxidation sites excluding steroid dienone is 2. The van der Waals surface area contributed by atoms with Gasteiger partial charge in [0, 0.05) is 22.6 Å². The fraction of sp³-hybridized carbons (Fsp3) is 0.684. The lowest BCUT2D eigenvalue weighted by Gasteiger charge is -2.71. The summed E-state index contributed by atoms with van der Waals surface area (Å²) >= 11 is 0. The molecule has 1 aromatic heterocycles. The largest absolute Gasteiger partial charge is 0.481 e. The van der Waals surface area contributed by atoms with E-state index in [0.29, 0.717) is 23.6 Å². The molecule has 43 heavy (non-hydrogen) atoms. The molecule has 5 nitrogen and oxygen atoms in total. The number of nitrogens with zero attached hydrogens (tertiary/aromatic N) is 1. The predicted molar refractivity (Wildman–Crippen MR) is 172 cm³/mol. The van der Waals surface area contributed by atoms with Crippen molar-refractivity contribution in [1.82, 2.24) is 10.2 Å². The molecule has 0 bridgehead atoms. The van der Waals surface area contributed by atoms with Crippen LogP contribution < -0.4 is 5.73 Å². The molecule has 4 N–H and O–H groups in total. The van der Waals surface area contributed by atoms with Crippen LogP contribution in [0.3, 0.4) is 0 Å². The predicted octanol–water partition coefficient (Wildman–Crippen LogP) is 8.36. The summed E-state index contributed by atoms with van der Waals surface area (Å²) in [7, 11) is 0. The number of anilines is 1.